The third kappa shape index (κ3) is 2.71. The number of likely N-dealkylation sites (tertiary alicyclic amines) is 1. The molecular formula is C9H15N3O. The zero-order valence-electron chi connectivity index (χ0n) is 8.08. The minimum absolute atomic E-state index is 0.150. The molecule has 0 aromatic carbocycles. The zero-order valence-corrected chi connectivity index (χ0v) is 8.08. The Kier molecular flexibility index (Phi) is 3.26. The van der Waals surface area contributed by atoms with Crippen molar-refractivity contribution in [3.63, 3.8) is 0 Å². The predicted molar refractivity (Wildman–Crippen MR) is 48.8 cm³/mol. The fraction of sp³-hybridized carbons (Fsp3) is 0.778. The molecule has 0 radical (unpaired) electrons. The van der Waals surface area contributed by atoms with Gasteiger partial charge in [-0.1, -0.05) is 0 Å². The number of nitrogens with one attached hydrogen (secondary N) is 1. The molecule has 1 saturated heterocycles. The van der Waals surface area contributed by atoms with E-state index >= 15 is 0 Å². The molecule has 0 saturated carbocycles. The van der Waals surface area contributed by atoms with Gasteiger partial charge < -0.3 is 10.2 Å². The van der Waals surface area contributed by atoms with Crippen molar-refractivity contribution in [3.8, 4) is 6.07 Å². The summed E-state index contributed by atoms with van der Waals surface area (Å²) in [7, 11) is 2.03. The van der Waals surface area contributed by atoms with Crippen LogP contribution in [0.3, 0.4) is 0 Å². The Labute approximate surface area is 78.5 Å². The Morgan fingerprint density at radius 2 is 2.46 bits per heavy atom. The molecule has 0 aliphatic carbocycles. The highest BCUT2D eigenvalue weighted by Crippen LogP contribution is 2.06. The second-order valence-electron chi connectivity index (χ2n) is 3.61. The Morgan fingerprint density at radius 1 is 1.77 bits per heavy atom. The average Bonchev–Trinajstić information content (AvgIpc) is 2.49. The van der Waals surface area contributed by atoms with E-state index < -0.39 is 5.92 Å². The lowest BCUT2D eigenvalue weighted by Gasteiger charge is -2.13. The molecule has 0 aromatic rings. The Bertz CT molecular complexity index is 234. The maximum Gasteiger partial charge on any atom is 0.237 e. The third-order valence-corrected chi connectivity index (χ3v) is 2.32. The molecule has 0 aromatic heterocycles. The van der Waals surface area contributed by atoms with Crippen LogP contribution in [-0.4, -0.2) is 37.0 Å². The highest BCUT2D eigenvalue weighted by atomic mass is 16.1. The molecule has 1 fully saturated rings. The third-order valence-electron chi connectivity index (χ3n) is 2.32. The number of carbonyl (C=O) groups is 1. The van der Waals surface area contributed by atoms with Crippen molar-refractivity contribution < 1.29 is 4.79 Å². The molecule has 1 N–H and O–H groups in total. The van der Waals surface area contributed by atoms with Crippen molar-refractivity contribution in [2.45, 2.75) is 19.4 Å². The first-order chi connectivity index (χ1) is 6.13. The van der Waals surface area contributed by atoms with E-state index in [9.17, 15) is 4.79 Å². The van der Waals surface area contributed by atoms with E-state index in [1.165, 1.54) is 0 Å². The second-order valence-corrected chi connectivity index (χ2v) is 3.61. The van der Waals surface area contributed by atoms with Gasteiger partial charge in [-0.2, -0.15) is 5.26 Å². The molecule has 1 amide bonds. The van der Waals surface area contributed by atoms with Crippen molar-refractivity contribution >= 4 is 5.91 Å². The van der Waals surface area contributed by atoms with Crippen LogP contribution in [-0.2, 0) is 4.79 Å². The standard InChI is InChI=1S/C9H15N3O/c1-7(5-10)9(13)11-8-3-4-12(2)6-8/h7-8H,3-4,6H2,1-2H3,(H,11,13). The van der Waals surface area contributed by atoms with Gasteiger partial charge >= 0.3 is 0 Å². The van der Waals surface area contributed by atoms with Gasteiger partial charge in [0.25, 0.3) is 0 Å². The SMILES string of the molecule is CC(C#N)C(=O)NC1CCN(C)C1. The minimum atomic E-state index is -0.536. The molecule has 1 aliphatic heterocycles. The molecule has 72 valence electrons. The van der Waals surface area contributed by atoms with E-state index in [1.54, 1.807) is 6.92 Å². The number of likely N-dealkylation sites (N-methyl/N-ethyl adjacent to an activating group) is 1. The maximum absolute atomic E-state index is 11.3. The summed E-state index contributed by atoms with van der Waals surface area (Å²) in [5.74, 6) is -0.686. The van der Waals surface area contributed by atoms with Crippen LogP contribution < -0.4 is 5.32 Å². The topological polar surface area (TPSA) is 56.1 Å². The van der Waals surface area contributed by atoms with Crippen LogP contribution in [0, 0.1) is 17.2 Å². The van der Waals surface area contributed by atoms with Gasteiger partial charge in [-0.25, -0.2) is 0 Å². The summed E-state index contributed by atoms with van der Waals surface area (Å²) in [6.45, 7) is 3.53. The van der Waals surface area contributed by atoms with Crippen LogP contribution in [0.15, 0.2) is 0 Å². The first-order valence-electron chi connectivity index (χ1n) is 4.52. The van der Waals surface area contributed by atoms with Gasteiger partial charge in [0.15, 0.2) is 0 Å². The molecule has 2 atom stereocenters. The molecule has 1 aliphatic rings. The summed E-state index contributed by atoms with van der Waals surface area (Å²) in [4.78, 5) is 13.5. The molecule has 1 rings (SSSR count). The molecule has 1 heterocycles. The maximum atomic E-state index is 11.3. The summed E-state index contributed by atoms with van der Waals surface area (Å²) >= 11 is 0. The van der Waals surface area contributed by atoms with Gasteiger partial charge in [-0.3, -0.25) is 4.79 Å². The number of rotatable bonds is 2. The first kappa shape index (κ1) is 10.0. The molecule has 0 spiro atoms. The van der Waals surface area contributed by atoms with Gasteiger partial charge in [0.2, 0.25) is 5.91 Å². The Balaban J connectivity index is 2.33. The Morgan fingerprint density at radius 3 is 2.92 bits per heavy atom. The molecule has 4 heteroatoms. The lowest BCUT2D eigenvalue weighted by Crippen LogP contribution is -2.39. The fourth-order valence-electron chi connectivity index (χ4n) is 1.44. The van der Waals surface area contributed by atoms with Crippen LogP contribution in [0.25, 0.3) is 0 Å². The highest BCUT2D eigenvalue weighted by molar-refractivity contribution is 5.80. The van der Waals surface area contributed by atoms with Crippen molar-refractivity contribution in [2.75, 3.05) is 20.1 Å². The van der Waals surface area contributed by atoms with Gasteiger partial charge in [0.05, 0.1) is 6.07 Å². The largest absolute Gasteiger partial charge is 0.351 e. The van der Waals surface area contributed by atoms with Crippen molar-refractivity contribution in [1.82, 2.24) is 10.2 Å². The lowest BCUT2D eigenvalue weighted by molar-refractivity contribution is -0.123. The number of amides is 1. The number of nitriles is 1. The molecule has 0 bridgehead atoms. The average molecular weight is 181 g/mol. The fourth-order valence-corrected chi connectivity index (χ4v) is 1.44. The quantitative estimate of drug-likeness (QED) is 0.650. The van der Waals surface area contributed by atoms with Gasteiger partial charge in [0, 0.05) is 12.6 Å². The molecule has 13 heavy (non-hydrogen) atoms. The summed E-state index contributed by atoms with van der Waals surface area (Å²) in [6.07, 6.45) is 0.986. The smallest absolute Gasteiger partial charge is 0.237 e. The van der Waals surface area contributed by atoms with Crippen molar-refractivity contribution in [3.05, 3.63) is 0 Å². The van der Waals surface area contributed by atoms with Crippen LogP contribution in [0.2, 0.25) is 0 Å². The number of carbonyl (C=O) groups excluding carboxylic acids is 1. The number of hydrogen-bond acceptors (Lipinski definition) is 3. The second kappa shape index (κ2) is 4.24. The summed E-state index contributed by atoms with van der Waals surface area (Å²) in [5, 5.41) is 11.4. The Hall–Kier alpha value is -1.08. The van der Waals surface area contributed by atoms with Crippen LogP contribution >= 0.6 is 0 Å². The summed E-state index contributed by atoms with van der Waals surface area (Å²) in [5.41, 5.74) is 0. The van der Waals surface area contributed by atoms with E-state index in [2.05, 4.69) is 10.2 Å². The highest BCUT2D eigenvalue weighted by Gasteiger charge is 2.22. The van der Waals surface area contributed by atoms with Crippen LogP contribution in [0.1, 0.15) is 13.3 Å². The predicted octanol–water partition coefficient (Wildman–Crippen LogP) is -0.0336. The zero-order chi connectivity index (χ0) is 9.84. The van der Waals surface area contributed by atoms with Gasteiger partial charge in [-0.05, 0) is 26.9 Å². The molecule has 4 nitrogen and oxygen atoms in total. The summed E-state index contributed by atoms with van der Waals surface area (Å²) in [6, 6.07) is 2.15. The van der Waals surface area contributed by atoms with E-state index in [4.69, 9.17) is 5.26 Å². The van der Waals surface area contributed by atoms with Gasteiger partial charge in [-0.15, -0.1) is 0 Å². The molecule has 2 unspecified atom stereocenters. The van der Waals surface area contributed by atoms with Crippen LogP contribution in [0.4, 0.5) is 0 Å². The van der Waals surface area contributed by atoms with Gasteiger partial charge in [0.1, 0.15) is 5.92 Å². The van der Waals surface area contributed by atoms with Crippen LogP contribution in [0.5, 0.6) is 0 Å². The lowest BCUT2D eigenvalue weighted by atomic mass is 10.1. The monoisotopic (exact) mass is 181 g/mol. The minimum Gasteiger partial charge on any atom is -0.351 e. The van der Waals surface area contributed by atoms with E-state index in [1.807, 2.05) is 13.1 Å². The number of nitrogens with zero attached hydrogens (tertiary/aromatic N) is 2. The molecular weight excluding hydrogens is 166 g/mol. The van der Waals surface area contributed by atoms with Crippen molar-refractivity contribution in [2.24, 2.45) is 5.92 Å². The first-order valence-corrected chi connectivity index (χ1v) is 4.52. The summed E-state index contributed by atoms with van der Waals surface area (Å²) < 4.78 is 0. The number of hydrogen-bond donors (Lipinski definition) is 1. The van der Waals surface area contributed by atoms with E-state index in [-0.39, 0.29) is 11.9 Å². The van der Waals surface area contributed by atoms with Crippen molar-refractivity contribution in [1.29, 1.82) is 5.26 Å². The normalized spacial score (nSPS) is 25.2. The van der Waals surface area contributed by atoms with E-state index in [0.717, 1.165) is 19.5 Å². The van der Waals surface area contributed by atoms with E-state index in [0.29, 0.717) is 0 Å².